The maximum absolute atomic E-state index is 5.24. The summed E-state index contributed by atoms with van der Waals surface area (Å²) in [5.74, 6) is 0. The van der Waals surface area contributed by atoms with E-state index in [0.717, 1.165) is 0 Å². The van der Waals surface area contributed by atoms with Gasteiger partial charge in [-0.3, -0.25) is 9.98 Å². The van der Waals surface area contributed by atoms with Crippen LogP contribution in [0.5, 0.6) is 0 Å². The van der Waals surface area contributed by atoms with Gasteiger partial charge in [0.05, 0.1) is 26.4 Å². The van der Waals surface area contributed by atoms with E-state index in [9.17, 15) is 0 Å². The van der Waals surface area contributed by atoms with E-state index in [2.05, 4.69) is 9.98 Å². The third-order valence-corrected chi connectivity index (χ3v) is 1.40. The van der Waals surface area contributed by atoms with Crippen molar-refractivity contribution in [2.24, 2.45) is 9.98 Å². The minimum Gasteiger partial charge on any atom is -0.376 e. The zero-order valence-electron chi connectivity index (χ0n) is 7.27. The van der Waals surface area contributed by atoms with Crippen molar-refractivity contribution in [3.05, 3.63) is 0 Å². The Morgan fingerprint density at radius 2 is 2.25 bits per heavy atom. The molecule has 1 atom stereocenters. The minimum atomic E-state index is 0.349. The zero-order valence-corrected chi connectivity index (χ0v) is 7.27. The van der Waals surface area contributed by atoms with Crippen molar-refractivity contribution in [2.75, 3.05) is 33.5 Å². The molecule has 0 radical (unpaired) electrons. The molecule has 1 unspecified atom stereocenters. The van der Waals surface area contributed by atoms with E-state index in [-0.39, 0.29) is 0 Å². The molecule has 0 saturated carbocycles. The molecular weight excluding hydrogens is 156 g/mol. The second-order valence-electron chi connectivity index (χ2n) is 2.46. The van der Waals surface area contributed by atoms with Crippen LogP contribution < -0.4 is 0 Å². The van der Waals surface area contributed by atoms with Gasteiger partial charge in [0.15, 0.2) is 0 Å². The Kier molecular flexibility index (Phi) is 4.56. The van der Waals surface area contributed by atoms with Crippen molar-refractivity contribution in [2.45, 2.75) is 6.04 Å². The molecule has 0 amide bonds. The molecule has 0 aromatic rings. The Hall–Kier alpha value is -0.740. The first-order valence-corrected chi connectivity index (χ1v) is 4.03. The molecule has 1 rings (SSSR count). The van der Waals surface area contributed by atoms with Crippen molar-refractivity contribution >= 4 is 12.4 Å². The molecule has 1 aliphatic heterocycles. The van der Waals surface area contributed by atoms with Crippen LogP contribution in [0.4, 0.5) is 0 Å². The summed E-state index contributed by atoms with van der Waals surface area (Å²) in [5.41, 5.74) is 0. The SMILES string of the molecule is C/N=C/COCCOCC1C=N1. The van der Waals surface area contributed by atoms with E-state index in [1.165, 1.54) is 0 Å². The van der Waals surface area contributed by atoms with E-state index >= 15 is 0 Å². The van der Waals surface area contributed by atoms with Crippen LogP contribution in [-0.2, 0) is 9.47 Å². The maximum Gasteiger partial charge on any atom is 0.108 e. The number of ether oxygens (including phenoxy) is 2. The minimum absolute atomic E-state index is 0.349. The van der Waals surface area contributed by atoms with Crippen LogP contribution in [-0.4, -0.2) is 51.9 Å². The van der Waals surface area contributed by atoms with Gasteiger partial charge in [-0.15, -0.1) is 0 Å². The summed E-state index contributed by atoms with van der Waals surface area (Å²) < 4.78 is 10.4. The van der Waals surface area contributed by atoms with Gasteiger partial charge < -0.3 is 9.47 Å². The second kappa shape index (κ2) is 5.85. The number of aliphatic imine (C=N–C) groups is 2. The Morgan fingerprint density at radius 1 is 1.50 bits per heavy atom. The van der Waals surface area contributed by atoms with Gasteiger partial charge in [0, 0.05) is 19.5 Å². The smallest absolute Gasteiger partial charge is 0.108 e. The Morgan fingerprint density at radius 3 is 2.92 bits per heavy atom. The first-order valence-electron chi connectivity index (χ1n) is 4.03. The monoisotopic (exact) mass is 170 g/mol. The number of hydrogen-bond acceptors (Lipinski definition) is 4. The van der Waals surface area contributed by atoms with Crippen LogP contribution >= 0.6 is 0 Å². The summed E-state index contributed by atoms with van der Waals surface area (Å²) >= 11 is 0. The Balaban J connectivity index is 1.70. The fourth-order valence-corrected chi connectivity index (χ4v) is 0.679. The first-order chi connectivity index (χ1) is 5.93. The van der Waals surface area contributed by atoms with Gasteiger partial charge in [0.25, 0.3) is 0 Å². The fraction of sp³-hybridized carbons (Fsp3) is 0.750. The van der Waals surface area contributed by atoms with E-state index in [1.807, 2.05) is 6.21 Å². The highest BCUT2D eigenvalue weighted by Gasteiger charge is 2.11. The van der Waals surface area contributed by atoms with E-state index in [4.69, 9.17) is 9.47 Å². The van der Waals surface area contributed by atoms with Crippen LogP contribution in [0, 0.1) is 0 Å². The molecule has 12 heavy (non-hydrogen) atoms. The van der Waals surface area contributed by atoms with Crippen molar-refractivity contribution in [3.63, 3.8) is 0 Å². The van der Waals surface area contributed by atoms with Gasteiger partial charge in [-0.05, 0) is 0 Å². The molecule has 0 aromatic heterocycles. The Bertz CT molecular complexity index is 162. The molecule has 0 N–H and O–H groups in total. The van der Waals surface area contributed by atoms with Crippen LogP contribution in [0.3, 0.4) is 0 Å². The highest BCUT2D eigenvalue weighted by molar-refractivity contribution is 5.77. The van der Waals surface area contributed by atoms with Gasteiger partial charge in [0.2, 0.25) is 0 Å². The van der Waals surface area contributed by atoms with Gasteiger partial charge in [0.1, 0.15) is 6.04 Å². The summed E-state index contributed by atoms with van der Waals surface area (Å²) in [6.07, 6.45) is 3.61. The van der Waals surface area contributed by atoms with E-state index in [0.29, 0.717) is 32.5 Å². The van der Waals surface area contributed by atoms with Crippen molar-refractivity contribution in [1.82, 2.24) is 0 Å². The maximum atomic E-state index is 5.24. The van der Waals surface area contributed by atoms with Gasteiger partial charge >= 0.3 is 0 Å². The summed E-state index contributed by atoms with van der Waals surface area (Å²) in [6, 6.07) is 0.349. The summed E-state index contributed by atoms with van der Waals surface area (Å²) in [4.78, 5) is 7.72. The highest BCUT2D eigenvalue weighted by Crippen LogP contribution is 2.00. The molecule has 1 aliphatic rings. The van der Waals surface area contributed by atoms with Crippen LogP contribution in [0.2, 0.25) is 0 Å². The molecule has 0 aromatic carbocycles. The standard InChI is InChI=1S/C8H14N2O2/c1-9-2-3-11-4-5-12-7-8-6-10-8/h2,6,8H,3-5,7H2,1H3/b9-2+. The summed E-state index contributed by atoms with van der Waals surface area (Å²) in [5, 5.41) is 0. The predicted molar refractivity (Wildman–Crippen MR) is 48.3 cm³/mol. The lowest BCUT2D eigenvalue weighted by Gasteiger charge is -2.01. The van der Waals surface area contributed by atoms with Crippen LogP contribution in [0.25, 0.3) is 0 Å². The number of rotatable bonds is 7. The normalized spacial score (nSPS) is 20.6. The van der Waals surface area contributed by atoms with Crippen LogP contribution in [0.15, 0.2) is 9.98 Å². The molecule has 0 aliphatic carbocycles. The first kappa shape index (κ1) is 9.35. The molecule has 68 valence electrons. The molecule has 4 nitrogen and oxygen atoms in total. The largest absolute Gasteiger partial charge is 0.376 e. The fourth-order valence-electron chi connectivity index (χ4n) is 0.679. The molecule has 0 saturated heterocycles. The molecule has 0 spiro atoms. The highest BCUT2D eigenvalue weighted by atomic mass is 16.5. The molecule has 0 fully saturated rings. The zero-order chi connectivity index (χ0) is 8.65. The molecule has 0 bridgehead atoms. The lowest BCUT2D eigenvalue weighted by Crippen LogP contribution is -2.09. The number of hydrogen-bond donors (Lipinski definition) is 0. The van der Waals surface area contributed by atoms with Crippen molar-refractivity contribution in [3.8, 4) is 0 Å². The van der Waals surface area contributed by atoms with Gasteiger partial charge in [-0.1, -0.05) is 0 Å². The van der Waals surface area contributed by atoms with Crippen molar-refractivity contribution < 1.29 is 9.47 Å². The lowest BCUT2D eigenvalue weighted by atomic mass is 10.5. The van der Waals surface area contributed by atoms with Crippen molar-refractivity contribution in [1.29, 1.82) is 0 Å². The second-order valence-corrected chi connectivity index (χ2v) is 2.46. The molecular formula is C8H14N2O2. The topological polar surface area (TPSA) is 43.2 Å². The summed E-state index contributed by atoms with van der Waals surface area (Å²) in [7, 11) is 1.73. The molecule has 4 heteroatoms. The molecule has 1 heterocycles. The Labute approximate surface area is 72.3 Å². The van der Waals surface area contributed by atoms with E-state index < -0.39 is 0 Å². The van der Waals surface area contributed by atoms with E-state index in [1.54, 1.807) is 13.3 Å². The predicted octanol–water partition coefficient (Wildman–Crippen LogP) is 0.173. The summed E-state index contributed by atoms with van der Waals surface area (Å²) in [6.45, 7) is 2.53. The van der Waals surface area contributed by atoms with Gasteiger partial charge in [-0.25, -0.2) is 0 Å². The van der Waals surface area contributed by atoms with Gasteiger partial charge in [-0.2, -0.15) is 0 Å². The average Bonchev–Trinajstić information content (AvgIpc) is 2.87. The third kappa shape index (κ3) is 4.98. The number of nitrogens with zero attached hydrogens (tertiary/aromatic N) is 2. The average molecular weight is 170 g/mol. The van der Waals surface area contributed by atoms with Crippen LogP contribution in [0.1, 0.15) is 0 Å². The third-order valence-electron chi connectivity index (χ3n) is 1.40. The quantitative estimate of drug-likeness (QED) is 0.404. The lowest BCUT2D eigenvalue weighted by molar-refractivity contribution is 0.0648.